The zero-order valence-corrected chi connectivity index (χ0v) is 10.8. The fourth-order valence-electron chi connectivity index (χ4n) is 2.37. The molecule has 2 aliphatic rings. The fraction of sp³-hybridized carbons (Fsp3) is 1.00. The molecule has 4 nitrogen and oxygen atoms in total. The minimum atomic E-state index is -3.10. The first-order chi connectivity index (χ1) is 7.49. The molecule has 0 aromatic rings. The van der Waals surface area contributed by atoms with Crippen molar-refractivity contribution in [1.29, 1.82) is 0 Å². The Bertz CT molecular complexity index is 330. The third kappa shape index (κ3) is 3.71. The standard InChI is InChI=1S/C11H22N2O2S/c1-11(6-2-3-7-11)13-16(14,15)9-8-12-10-4-5-10/h10,12-13H,2-9H2,1H3. The molecule has 2 saturated carbocycles. The van der Waals surface area contributed by atoms with Crippen molar-refractivity contribution in [3.63, 3.8) is 0 Å². The topological polar surface area (TPSA) is 58.2 Å². The smallest absolute Gasteiger partial charge is 0.213 e. The third-order valence-corrected chi connectivity index (χ3v) is 5.04. The summed E-state index contributed by atoms with van der Waals surface area (Å²) in [7, 11) is -3.10. The first-order valence-corrected chi connectivity index (χ1v) is 7.89. The van der Waals surface area contributed by atoms with Gasteiger partial charge in [0.05, 0.1) is 5.75 Å². The summed E-state index contributed by atoms with van der Waals surface area (Å²) in [6.07, 6.45) is 6.62. The van der Waals surface area contributed by atoms with Crippen LogP contribution in [0.15, 0.2) is 0 Å². The van der Waals surface area contributed by atoms with Gasteiger partial charge < -0.3 is 5.32 Å². The molecule has 0 amide bonds. The van der Waals surface area contributed by atoms with Crippen molar-refractivity contribution in [3.8, 4) is 0 Å². The summed E-state index contributed by atoms with van der Waals surface area (Å²) in [5.41, 5.74) is -0.182. The largest absolute Gasteiger partial charge is 0.313 e. The van der Waals surface area contributed by atoms with Crippen molar-refractivity contribution in [2.24, 2.45) is 0 Å². The molecule has 16 heavy (non-hydrogen) atoms. The molecule has 0 aromatic carbocycles. The maximum atomic E-state index is 11.8. The van der Waals surface area contributed by atoms with E-state index in [1.807, 2.05) is 6.92 Å². The highest BCUT2D eigenvalue weighted by Crippen LogP contribution is 2.29. The Kier molecular flexibility index (Phi) is 3.56. The lowest BCUT2D eigenvalue weighted by Gasteiger charge is -2.24. The van der Waals surface area contributed by atoms with Gasteiger partial charge in [-0.25, -0.2) is 13.1 Å². The molecule has 0 spiro atoms. The summed E-state index contributed by atoms with van der Waals surface area (Å²) < 4.78 is 26.5. The van der Waals surface area contributed by atoms with E-state index in [9.17, 15) is 8.42 Å². The lowest BCUT2D eigenvalue weighted by molar-refractivity contribution is 0.427. The zero-order chi connectivity index (χ0) is 11.6. The van der Waals surface area contributed by atoms with Gasteiger partial charge in [0.2, 0.25) is 10.0 Å². The molecule has 0 aromatic heterocycles. The number of sulfonamides is 1. The number of hydrogen-bond donors (Lipinski definition) is 2. The van der Waals surface area contributed by atoms with E-state index in [1.165, 1.54) is 12.8 Å². The molecule has 5 heteroatoms. The maximum absolute atomic E-state index is 11.8. The molecule has 0 radical (unpaired) electrons. The van der Waals surface area contributed by atoms with Crippen LogP contribution in [0.25, 0.3) is 0 Å². The Morgan fingerprint density at radius 2 is 1.88 bits per heavy atom. The van der Waals surface area contributed by atoms with E-state index in [4.69, 9.17) is 0 Å². The quantitative estimate of drug-likeness (QED) is 0.735. The van der Waals surface area contributed by atoms with Gasteiger partial charge in [0.25, 0.3) is 0 Å². The first kappa shape index (κ1) is 12.3. The molecule has 0 unspecified atom stereocenters. The van der Waals surface area contributed by atoms with Crippen molar-refractivity contribution in [3.05, 3.63) is 0 Å². The number of rotatable bonds is 6. The Hall–Kier alpha value is -0.130. The van der Waals surface area contributed by atoms with Crippen molar-refractivity contribution < 1.29 is 8.42 Å². The van der Waals surface area contributed by atoms with Crippen LogP contribution in [0.1, 0.15) is 45.4 Å². The molecular formula is C11H22N2O2S. The molecule has 0 saturated heterocycles. The van der Waals surface area contributed by atoms with Gasteiger partial charge in [-0.05, 0) is 32.6 Å². The van der Waals surface area contributed by atoms with Gasteiger partial charge in [0.15, 0.2) is 0 Å². The molecule has 2 N–H and O–H groups in total. The second-order valence-corrected chi connectivity index (χ2v) is 7.26. The van der Waals surface area contributed by atoms with Crippen LogP contribution in [-0.4, -0.2) is 32.3 Å². The van der Waals surface area contributed by atoms with Crippen LogP contribution in [0.4, 0.5) is 0 Å². The van der Waals surface area contributed by atoms with E-state index in [2.05, 4.69) is 10.0 Å². The minimum Gasteiger partial charge on any atom is -0.313 e. The van der Waals surface area contributed by atoms with Gasteiger partial charge in [-0.2, -0.15) is 0 Å². The van der Waals surface area contributed by atoms with Crippen LogP contribution < -0.4 is 10.0 Å². The van der Waals surface area contributed by atoms with Crippen LogP contribution in [0.5, 0.6) is 0 Å². The van der Waals surface area contributed by atoms with Crippen molar-refractivity contribution in [2.75, 3.05) is 12.3 Å². The van der Waals surface area contributed by atoms with Crippen molar-refractivity contribution in [1.82, 2.24) is 10.0 Å². The van der Waals surface area contributed by atoms with Crippen LogP contribution in [-0.2, 0) is 10.0 Å². The third-order valence-electron chi connectivity index (χ3n) is 3.49. The fourth-order valence-corrected chi connectivity index (χ4v) is 3.81. The van der Waals surface area contributed by atoms with E-state index >= 15 is 0 Å². The van der Waals surface area contributed by atoms with E-state index in [0.29, 0.717) is 12.6 Å². The van der Waals surface area contributed by atoms with Crippen LogP contribution in [0, 0.1) is 0 Å². The summed E-state index contributed by atoms with van der Waals surface area (Å²) in [5.74, 6) is 0.207. The summed E-state index contributed by atoms with van der Waals surface area (Å²) in [6, 6.07) is 0.581. The Balaban J connectivity index is 1.76. The molecule has 0 atom stereocenters. The summed E-state index contributed by atoms with van der Waals surface area (Å²) in [4.78, 5) is 0. The Morgan fingerprint density at radius 1 is 1.25 bits per heavy atom. The van der Waals surface area contributed by atoms with Crippen molar-refractivity contribution in [2.45, 2.75) is 57.0 Å². The SMILES string of the molecule is CC1(NS(=O)(=O)CCNC2CC2)CCCC1. The predicted octanol–water partition coefficient (Wildman–Crippen LogP) is 0.990. The second-order valence-electron chi connectivity index (χ2n) is 5.42. The predicted molar refractivity (Wildman–Crippen MR) is 64.8 cm³/mol. The molecule has 2 rings (SSSR count). The minimum absolute atomic E-state index is 0.182. The maximum Gasteiger partial charge on any atom is 0.213 e. The van der Waals surface area contributed by atoms with E-state index < -0.39 is 10.0 Å². The van der Waals surface area contributed by atoms with Crippen LogP contribution >= 0.6 is 0 Å². The van der Waals surface area contributed by atoms with Gasteiger partial charge in [0, 0.05) is 18.1 Å². The second kappa shape index (κ2) is 4.63. The summed E-state index contributed by atoms with van der Waals surface area (Å²) in [6.45, 7) is 2.60. The van der Waals surface area contributed by atoms with E-state index in [-0.39, 0.29) is 11.3 Å². The van der Waals surface area contributed by atoms with E-state index in [0.717, 1.165) is 25.7 Å². The highest BCUT2D eigenvalue weighted by molar-refractivity contribution is 7.89. The monoisotopic (exact) mass is 246 g/mol. The van der Waals surface area contributed by atoms with Gasteiger partial charge in [0.1, 0.15) is 0 Å². The first-order valence-electron chi connectivity index (χ1n) is 6.24. The van der Waals surface area contributed by atoms with Gasteiger partial charge >= 0.3 is 0 Å². The zero-order valence-electron chi connectivity index (χ0n) is 9.96. The summed E-state index contributed by atoms with van der Waals surface area (Å²) >= 11 is 0. The van der Waals surface area contributed by atoms with Gasteiger partial charge in [-0.15, -0.1) is 0 Å². The molecule has 0 heterocycles. The van der Waals surface area contributed by atoms with Crippen LogP contribution in [0.3, 0.4) is 0 Å². The van der Waals surface area contributed by atoms with Gasteiger partial charge in [-0.1, -0.05) is 12.8 Å². The highest BCUT2D eigenvalue weighted by Gasteiger charge is 2.32. The average Bonchev–Trinajstić information content (AvgIpc) is 2.88. The van der Waals surface area contributed by atoms with Crippen molar-refractivity contribution >= 4 is 10.0 Å². The lowest BCUT2D eigenvalue weighted by atomic mass is 10.0. The molecule has 0 bridgehead atoms. The number of hydrogen-bond acceptors (Lipinski definition) is 3. The molecular weight excluding hydrogens is 224 g/mol. The normalized spacial score (nSPS) is 24.8. The van der Waals surface area contributed by atoms with Gasteiger partial charge in [-0.3, -0.25) is 0 Å². The summed E-state index contributed by atoms with van der Waals surface area (Å²) in [5, 5.41) is 3.23. The molecule has 0 aliphatic heterocycles. The Labute approximate surface area is 98.2 Å². The lowest BCUT2D eigenvalue weighted by Crippen LogP contribution is -2.45. The van der Waals surface area contributed by atoms with Crippen LogP contribution in [0.2, 0.25) is 0 Å². The average molecular weight is 246 g/mol. The Morgan fingerprint density at radius 3 is 2.44 bits per heavy atom. The van der Waals surface area contributed by atoms with E-state index in [1.54, 1.807) is 0 Å². The molecule has 94 valence electrons. The number of nitrogens with one attached hydrogen (secondary N) is 2. The highest BCUT2D eigenvalue weighted by atomic mass is 32.2. The molecule has 2 fully saturated rings. The molecule has 2 aliphatic carbocycles.